The second kappa shape index (κ2) is 8.34. The molecule has 0 aliphatic heterocycles. The Hall–Kier alpha value is -2.56. The third kappa shape index (κ3) is 4.72. The number of hydrogen-bond donors (Lipinski definition) is 0. The largest absolute Gasteiger partial charge is 0.488 e. The summed E-state index contributed by atoms with van der Waals surface area (Å²) < 4.78 is 12.2. The average molecular weight is 329 g/mol. The first-order chi connectivity index (χ1) is 11.5. The van der Waals surface area contributed by atoms with E-state index in [9.17, 15) is 9.59 Å². The molecule has 0 saturated heterocycles. The van der Waals surface area contributed by atoms with E-state index in [1.807, 2.05) is 32.9 Å². The Morgan fingerprint density at radius 2 is 1.88 bits per heavy atom. The van der Waals surface area contributed by atoms with E-state index >= 15 is 0 Å². The number of pyridine rings is 1. The summed E-state index contributed by atoms with van der Waals surface area (Å²) in [5, 5.41) is 0. The first kappa shape index (κ1) is 17.8. The van der Waals surface area contributed by atoms with Crippen molar-refractivity contribution in [3.63, 3.8) is 0 Å². The van der Waals surface area contributed by atoms with Crippen LogP contribution in [0.15, 0.2) is 47.4 Å². The second-order valence-corrected chi connectivity index (χ2v) is 5.80. The second-order valence-electron chi connectivity index (χ2n) is 5.80. The molecule has 0 radical (unpaired) electrons. The van der Waals surface area contributed by atoms with Crippen LogP contribution in [0.2, 0.25) is 0 Å². The average Bonchev–Trinajstić information content (AvgIpc) is 2.55. The van der Waals surface area contributed by atoms with Crippen LogP contribution in [-0.2, 0) is 11.3 Å². The molecule has 0 N–H and O–H groups in total. The number of ether oxygens (including phenoxy) is 2. The van der Waals surface area contributed by atoms with Gasteiger partial charge in [0.1, 0.15) is 0 Å². The van der Waals surface area contributed by atoms with Crippen LogP contribution in [0.25, 0.3) is 0 Å². The molecule has 0 amide bonds. The number of rotatable bonds is 7. The van der Waals surface area contributed by atoms with E-state index in [-0.39, 0.29) is 17.6 Å². The van der Waals surface area contributed by atoms with Crippen LogP contribution in [0.1, 0.15) is 43.1 Å². The minimum absolute atomic E-state index is 0.151. The number of esters is 1. The minimum Gasteiger partial charge on any atom is -0.488 e. The van der Waals surface area contributed by atoms with Gasteiger partial charge in [-0.1, -0.05) is 19.1 Å². The molecule has 0 spiro atoms. The predicted molar refractivity (Wildman–Crippen MR) is 92.6 cm³/mol. The van der Waals surface area contributed by atoms with Gasteiger partial charge in [0.25, 0.3) is 5.56 Å². The maximum Gasteiger partial charge on any atom is 0.338 e. The van der Waals surface area contributed by atoms with Gasteiger partial charge in [0.2, 0.25) is 0 Å². The number of hydrogen-bond acceptors (Lipinski definition) is 4. The van der Waals surface area contributed by atoms with Crippen molar-refractivity contribution in [1.29, 1.82) is 0 Å². The summed E-state index contributed by atoms with van der Waals surface area (Å²) >= 11 is 0. The van der Waals surface area contributed by atoms with Crippen LogP contribution in [0.4, 0.5) is 0 Å². The maximum atomic E-state index is 12.3. The number of carbonyl (C=O) groups is 1. The maximum absolute atomic E-state index is 12.3. The molecule has 1 heterocycles. The molecular weight excluding hydrogens is 306 g/mol. The molecule has 5 nitrogen and oxygen atoms in total. The SMILES string of the molecule is CCCOc1cccn(Cc2ccc(C(=O)OC(C)C)cc2)c1=O. The van der Waals surface area contributed by atoms with Crippen molar-refractivity contribution in [3.05, 3.63) is 64.1 Å². The summed E-state index contributed by atoms with van der Waals surface area (Å²) in [4.78, 5) is 24.2. The third-order valence-electron chi connectivity index (χ3n) is 3.33. The lowest BCUT2D eigenvalue weighted by molar-refractivity contribution is 0.0378. The first-order valence-corrected chi connectivity index (χ1v) is 8.13. The van der Waals surface area contributed by atoms with Gasteiger partial charge in [-0.3, -0.25) is 4.79 Å². The van der Waals surface area contributed by atoms with Gasteiger partial charge in [0, 0.05) is 6.20 Å². The Morgan fingerprint density at radius 3 is 2.50 bits per heavy atom. The summed E-state index contributed by atoms with van der Waals surface area (Å²) in [6.07, 6.45) is 2.42. The smallest absolute Gasteiger partial charge is 0.338 e. The van der Waals surface area contributed by atoms with Gasteiger partial charge in [-0.2, -0.15) is 0 Å². The van der Waals surface area contributed by atoms with Gasteiger partial charge in [0.15, 0.2) is 5.75 Å². The minimum atomic E-state index is -0.344. The summed E-state index contributed by atoms with van der Waals surface area (Å²) in [7, 11) is 0. The molecule has 0 aliphatic rings. The van der Waals surface area contributed by atoms with E-state index in [0.29, 0.717) is 24.5 Å². The van der Waals surface area contributed by atoms with E-state index in [0.717, 1.165) is 12.0 Å². The highest BCUT2D eigenvalue weighted by atomic mass is 16.5. The lowest BCUT2D eigenvalue weighted by Crippen LogP contribution is -2.22. The summed E-state index contributed by atoms with van der Waals surface area (Å²) in [6.45, 7) is 6.56. The Bertz CT molecular complexity index is 732. The van der Waals surface area contributed by atoms with Crippen LogP contribution in [0.5, 0.6) is 5.75 Å². The quantitative estimate of drug-likeness (QED) is 0.732. The molecule has 128 valence electrons. The first-order valence-electron chi connectivity index (χ1n) is 8.13. The number of carbonyl (C=O) groups excluding carboxylic acids is 1. The van der Waals surface area contributed by atoms with Gasteiger partial charge < -0.3 is 14.0 Å². The molecule has 1 aromatic heterocycles. The highest BCUT2D eigenvalue weighted by Gasteiger charge is 2.09. The summed E-state index contributed by atoms with van der Waals surface area (Å²) in [5.74, 6) is 0.0140. The van der Waals surface area contributed by atoms with Crippen molar-refractivity contribution >= 4 is 5.97 Å². The molecule has 24 heavy (non-hydrogen) atoms. The molecule has 0 atom stereocenters. The van der Waals surface area contributed by atoms with Gasteiger partial charge in [-0.05, 0) is 50.1 Å². The van der Waals surface area contributed by atoms with Crippen molar-refractivity contribution in [2.24, 2.45) is 0 Å². The zero-order chi connectivity index (χ0) is 17.5. The highest BCUT2D eigenvalue weighted by molar-refractivity contribution is 5.89. The highest BCUT2D eigenvalue weighted by Crippen LogP contribution is 2.09. The van der Waals surface area contributed by atoms with Crippen LogP contribution >= 0.6 is 0 Å². The fourth-order valence-corrected chi connectivity index (χ4v) is 2.19. The molecule has 0 fully saturated rings. The monoisotopic (exact) mass is 329 g/mol. The van der Waals surface area contributed by atoms with E-state index in [1.165, 1.54) is 0 Å². The summed E-state index contributed by atoms with van der Waals surface area (Å²) in [6, 6.07) is 10.5. The van der Waals surface area contributed by atoms with Crippen molar-refractivity contribution in [3.8, 4) is 5.75 Å². The van der Waals surface area contributed by atoms with Crippen molar-refractivity contribution in [2.75, 3.05) is 6.61 Å². The predicted octanol–water partition coefficient (Wildman–Crippen LogP) is 3.25. The van der Waals surface area contributed by atoms with Crippen LogP contribution in [0.3, 0.4) is 0 Å². The van der Waals surface area contributed by atoms with Gasteiger partial charge >= 0.3 is 5.97 Å². The van der Waals surface area contributed by atoms with Crippen molar-refractivity contribution in [2.45, 2.75) is 39.8 Å². The molecular formula is C19H23NO4. The zero-order valence-corrected chi connectivity index (χ0v) is 14.3. The fraction of sp³-hybridized carbons (Fsp3) is 0.368. The van der Waals surface area contributed by atoms with Crippen LogP contribution in [0, 0.1) is 0 Å². The number of aromatic nitrogens is 1. The Morgan fingerprint density at radius 1 is 1.17 bits per heavy atom. The lowest BCUT2D eigenvalue weighted by Gasteiger charge is -2.10. The molecule has 1 aromatic carbocycles. The standard InChI is InChI=1S/C19H23NO4/c1-4-12-23-17-6-5-11-20(18(17)21)13-15-7-9-16(10-8-15)19(22)24-14(2)3/h5-11,14H,4,12-13H2,1-3H3. The molecule has 0 aliphatic carbocycles. The van der Waals surface area contributed by atoms with E-state index < -0.39 is 0 Å². The van der Waals surface area contributed by atoms with Gasteiger partial charge in [0.05, 0.1) is 24.8 Å². The van der Waals surface area contributed by atoms with Gasteiger partial charge in [-0.15, -0.1) is 0 Å². The van der Waals surface area contributed by atoms with E-state index in [4.69, 9.17) is 9.47 Å². The normalized spacial score (nSPS) is 10.7. The lowest BCUT2D eigenvalue weighted by atomic mass is 10.1. The molecule has 0 saturated carbocycles. The van der Waals surface area contributed by atoms with Crippen LogP contribution in [-0.4, -0.2) is 23.2 Å². The summed E-state index contributed by atoms with van der Waals surface area (Å²) in [5.41, 5.74) is 1.26. The molecule has 5 heteroatoms. The Balaban J connectivity index is 2.11. The Kier molecular flexibility index (Phi) is 6.18. The molecule has 2 rings (SSSR count). The molecule has 2 aromatic rings. The van der Waals surface area contributed by atoms with E-state index in [1.54, 1.807) is 35.0 Å². The van der Waals surface area contributed by atoms with E-state index in [2.05, 4.69) is 0 Å². The van der Waals surface area contributed by atoms with Crippen molar-refractivity contribution in [1.82, 2.24) is 4.57 Å². The Labute approximate surface area is 141 Å². The number of benzene rings is 1. The third-order valence-corrected chi connectivity index (χ3v) is 3.33. The fourth-order valence-electron chi connectivity index (χ4n) is 2.19. The molecule has 0 unspecified atom stereocenters. The topological polar surface area (TPSA) is 57.5 Å². The van der Waals surface area contributed by atoms with Crippen LogP contribution < -0.4 is 10.3 Å². The number of nitrogens with zero attached hydrogens (tertiary/aromatic N) is 1. The molecule has 0 bridgehead atoms. The van der Waals surface area contributed by atoms with Gasteiger partial charge in [-0.25, -0.2) is 4.79 Å². The van der Waals surface area contributed by atoms with Crippen molar-refractivity contribution < 1.29 is 14.3 Å². The zero-order valence-electron chi connectivity index (χ0n) is 14.3.